The zero-order chi connectivity index (χ0) is 28.2. The van der Waals surface area contributed by atoms with Gasteiger partial charge in [0, 0.05) is 60.5 Å². The van der Waals surface area contributed by atoms with Crippen molar-refractivity contribution in [2.75, 3.05) is 13.1 Å². The van der Waals surface area contributed by atoms with Crippen molar-refractivity contribution in [1.82, 2.24) is 4.90 Å². The number of fused-ring (bicyclic) bond motifs is 1. The van der Waals surface area contributed by atoms with Gasteiger partial charge in [-0.15, -0.1) is 0 Å². The summed E-state index contributed by atoms with van der Waals surface area (Å²) in [5.74, 6) is -4.35. The average Bonchev–Trinajstić information content (AvgIpc) is 3.59. The summed E-state index contributed by atoms with van der Waals surface area (Å²) in [6.45, 7) is -0.00653. The Labute approximate surface area is 227 Å². The number of hydrogen-bond donors (Lipinski definition) is 1. The lowest BCUT2D eigenvalue weighted by Crippen LogP contribution is -2.42. The third kappa shape index (κ3) is 4.85. The van der Waals surface area contributed by atoms with Crippen molar-refractivity contribution in [1.29, 1.82) is 0 Å². The summed E-state index contributed by atoms with van der Waals surface area (Å²) in [6.07, 6.45) is 0.973. The minimum atomic E-state index is -2.74. The molecule has 2 N–H and O–H groups in total. The van der Waals surface area contributed by atoms with Crippen LogP contribution in [0.2, 0.25) is 0 Å². The summed E-state index contributed by atoms with van der Waals surface area (Å²) >= 11 is 0. The van der Waals surface area contributed by atoms with Crippen LogP contribution in [0.5, 0.6) is 0 Å². The van der Waals surface area contributed by atoms with E-state index < -0.39 is 23.0 Å². The lowest BCUT2D eigenvalue weighted by Gasteiger charge is -2.31. The highest BCUT2D eigenvalue weighted by Gasteiger charge is 2.49. The quantitative estimate of drug-likeness (QED) is 0.271. The Bertz CT molecular complexity index is 1630. The summed E-state index contributed by atoms with van der Waals surface area (Å²) < 4.78 is 61.8. The summed E-state index contributed by atoms with van der Waals surface area (Å²) in [7, 11) is 0. The van der Waals surface area contributed by atoms with Crippen molar-refractivity contribution in [2.24, 2.45) is 11.1 Å². The van der Waals surface area contributed by atoms with Crippen LogP contribution in [0.25, 0.3) is 33.2 Å². The van der Waals surface area contributed by atoms with Crippen LogP contribution in [-0.2, 0) is 11.2 Å². The van der Waals surface area contributed by atoms with Gasteiger partial charge in [0.25, 0.3) is 11.8 Å². The van der Waals surface area contributed by atoms with E-state index in [2.05, 4.69) is 0 Å². The number of likely N-dealkylation sites (tertiary alicyclic amines) is 1. The summed E-state index contributed by atoms with van der Waals surface area (Å²) in [5, 5.41) is 0.667. The standard InChI is InChI=1S/C31H26F4N2O3/c32-22-5-6-24(26(33)16-22)25-15-20(13-21-14-23(40-27(21)25)17-30(7-8-30)29(36)39)18-1-3-19(4-2-18)28(38)37-11-9-31(34,35)10-12-37/h1-6,13-16H,7-12,17H2,(H2,36,39). The fourth-order valence-electron chi connectivity index (χ4n) is 5.39. The Balaban J connectivity index is 1.36. The number of hydrogen-bond acceptors (Lipinski definition) is 3. The molecule has 5 nitrogen and oxygen atoms in total. The van der Waals surface area contributed by atoms with Gasteiger partial charge in [-0.25, -0.2) is 17.6 Å². The van der Waals surface area contributed by atoms with Gasteiger partial charge < -0.3 is 15.1 Å². The molecule has 1 saturated heterocycles. The number of carbonyl (C=O) groups excluding carboxylic acids is 2. The molecule has 2 amide bonds. The van der Waals surface area contributed by atoms with E-state index in [1.165, 1.54) is 17.0 Å². The molecule has 0 radical (unpaired) electrons. The second-order valence-electron chi connectivity index (χ2n) is 10.8. The Morgan fingerprint density at radius 3 is 2.17 bits per heavy atom. The Hall–Kier alpha value is -4.14. The molecule has 0 bridgehead atoms. The molecule has 0 atom stereocenters. The van der Waals surface area contributed by atoms with Crippen LogP contribution in [-0.4, -0.2) is 35.7 Å². The number of furan rings is 1. The Morgan fingerprint density at radius 1 is 0.850 bits per heavy atom. The number of nitrogens with two attached hydrogens (primary N) is 1. The number of nitrogens with zero attached hydrogens (tertiary/aromatic N) is 1. The van der Waals surface area contributed by atoms with Gasteiger partial charge in [-0.2, -0.15) is 0 Å². The van der Waals surface area contributed by atoms with Crippen molar-refractivity contribution in [3.05, 3.63) is 83.6 Å². The maximum atomic E-state index is 14.9. The molecule has 2 aliphatic rings. The number of alkyl halides is 2. The third-order valence-corrected chi connectivity index (χ3v) is 8.02. The smallest absolute Gasteiger partial charge is 0.253 e. The molecule has 1 aliphatic heterocycles. The molecule has 1 aliphatic carbocycles. The largest absolute Gasteiger partial charge is 0.460 e. The lowest BCUT2D eigenvalue weighted by molar-refractivity contribution is -0.123. The maximum absolute atomic E-state index is 14.9. The summed E-state index contributed by atoms with van der Waals surface area (Å²) in [5.41, 5.74) is 7.74. The zero-order valence-electron chi connectivity index (χ0n) is 21.5. The van der Waals surface area contributed by atoms with Crippen LogP contribution >= 0.6 is 0 Å². The molecule has 4 aromatic rings. The van der Waals surface area contributed by atoms with Crippen molar-refractivity contribution in [3.63, 3.8) is 0 Å². The topological polar surface area (TPSA) is 76.5 Å². The van der Waals surface area contributed by atoms with Gasteiger partial charge in [-0.05, 0) is 66.4 Å². The van der Waals surface area contributed by atoms with E-state index in [9.17, 15) is 27.2 Å². The fraction of sp³-hybridized carbons (Fsp3) is 0.290. The van der Waals surface area contributed by atoms with E-state index in [0.29, 0.717) is 52.7 Å². The predicted octanol–water partition coefficient (Wildman–Crippen LogP) is 6.72. The molecule has 206 valence electrons. The number of halogens is 4. The molecular weight excluding hydrogens is 524 g/mol. The average molecular weight is 551 g/mol. The summed E-state index contributed by atoms with van der Waals surface area (Å²) in [4.78, 5) is 26.2. The van der Waals surface area contributed by atoms with E-state index in [0.717, 1.165) is 11.6 Å². The molecule has 0 unspecified atom stereocenters. The second kappa shape index (κ2) is 9.50. The fourth-order valence-corrected chi connectivity index (χ4v) is 5.39. The predicted molar refractivity (Wildman–Crippen MR) is 142 cm³/mol. The van der Waals surface area contributed by atoms with Crippen LogP contribution in [0.4, 0.5) is 17.6 Å². The second-order valence-corrected chi connectivity index (χ2v) is 10.8. The van der Waals surface area contributed by atoms with Gasteiger partial charge in [0.15, 0.2) is 0 Å². The minimum Gasteiger partial charge on any atom is -0.460 e. The number of amides is 2. The molecular formula is C31H26F4N2O3. The summed E-state index contributed by atoms with van der Waals surface area (Å²) in [6, 6.07) is 15.5. The molecule has 0 spiro atoms. The van der Waals surface area contributed by atoms with Gasteiger partial charge in [0.1, 0.15) is 23.0 Å². The Morgan fingerprint density at radius 2 is 1.55 bits per heavy atom. The first-order chi connectivity index (χ1) is 19.0. The van der Waals surface area contributed by atoms with Crippen LogP contribution in [0.1, 0.15) is 41.8 Å². The lowest BCUT2D eigenvalue weighted by atomic mass is 9.95. The van der Waals surface area contributed by atoms with Crippen molar-refractivity contribution < 1.29 is 31.6 Å². The molecule has 6 rings (SSSR count). The van der Waals surface area contributed by atoms with E-state index in [4.69, 9.17) is 10.2 Å². The van der Waals surface area contributed by atoms with Crippen LogP contribution in [0.15, 0.2) is 65.1 Å². The first kappa shape index (κ1) is 26.1. The van der Waals surface area contributed by atoms with Crippen molar-refractivity contribution in [2.45, 2.75) is 38.0 Å². The molecule has 9 heteroatoms. The first-order valence-corrected chi connectivity index (χ1v) is 13.1. The third-order valence-electron chi connectivity index (χ3n) is 8.02. The first-order valence-electron chi connectivity index (χ1n) is 13.1. The van der Waals surface area contributed by atoms with Gasteiger partial charge >= 0.3 is 0 Å². The van der Waals surface area contributed by atoms with Crippen LogP contribution in [0.3, 0.4) is 0 Å². The van der Waals surface area contributed by atoms with Gasteiger partial charge in [0.05, 0.1) is 5.41 Å². The highest BCUT2D eigenvalue weighted by atomic mass is 19.3. The van der Waals surface area contributed by atoms with Crippen molar-refractivity contribution >= 4 is 22.8 Å². The minimum absolute atomic E-state index is 0.00327. The number of rotatable bonds is 6. The number of benzene rings is 3. The maximum Gasteiger partial charge on any atom is 0.253 e. The molecule has 3 aromatic carbocycles. The van der Waals surface area contributed by atoms with E-state index >= 15 is 0 Å². The van der Waals surface area contributed by atoms with E-state index in [1.54, 1.807) is 36.4 Å². The molecule has 1 aromatic heterocycles. The highest BCUT2D eigenvalue weighted by Crippen LogP contribution is 2.49. The highest BCUT2D eigenvalue weighted by molar-refractivity contribution is 5.98. The normalized spacial score (nSPS) is 17.6. The number of carbonyl (C=O) groups is 2. The van der Waals surface area contributed by atoms with Gasteiger partial charge in [-0.3, -0.25) is 9.59 Å². The van der Waals surface area contributed by atoms with E-state index in [1.807, 2.05) is 6.07 Å². The molecule has 2 heterocycles. The SMILES string of the molecule is NC(=O)C1(Cc2cc3cc(-c4ccc(C(=O)N5CCC(F)(F)CC5)cc4)cc(-c4ccc(F)cc4F)c3o2)CC1. The Kier molecular flexibility index (Phi) is 6.20. The molecule has 2 fully saturated rings. The van der Waals surface area contributed by atoms with Crippen molar-refractivity contribution in [3.8, 4) is 22.3 Å². The monoisotopic (exact) mass is 550 g/mol. The molecule has 1 saturated carbocycles. The van der Waals surface area contributed by atoms with Crippen LogP contribution < -0.4 is 5.73 Å². The van der Waals surface area contributed by atoms with Gasteiger partial charge in [0.2, 0.25) is 5.91 Å². The van der Waals surface area contributed by atoms with E-state index in [-0.39, 0.29) is 43.3 Å². The van der Waals surface area contributed by atoms with Crippen LogP contribution in [0, 0.1) is 17.0 Å². The van der Waals surface area contributed by atoms with Gasteiger partial charge in [-0.1, -0.05) is 12.1 Å². The molecule has 40 heavy (non-hydrogen) atoms. The zero-order valence-corrected chi connectivity index (χ0v) is 21.5. The number of primary amides is 1. The number of piperidine rings is 1.